The molecule has 0 unspecified atom stereocenters. The van der Waals surface area contributed by atoms with Crippen molar-refractivity contribution in [3.8, 4) is 0 Å². The van der Waals surface area contributed by atoms with Gasteiger partial charge in [0.1, 0.15) is 6.33 Å². The van der Waals surface area contributed by atoms with E-state index in [-0.39, 0.29) is 0 Å². The monoisotopic (exact) mass is 263 g/mol. The summed E-state index contributed by atoms with van der Waals surface area (Å²) in [5.41, 5.74) is 2.05. The van der Waals surface area contributed by atoms with Crippen molar-refractivity contribution in [3.05, 3.63) is 53.0 Å². The van der Waals surface area contributed by atoms with E-state index in [4.69, 9.17) is 0 Å². The summed E-state index contributed by atoms with van der Waals surface area (Å²) in [6, 6.07) is 9.93. The number of benzene rings is 1. The molecule has 0 amide bonds. The number of rotatable bonds is 3. The summed E-state index contributed by atoms with van der Waals surface area (Å²) in [6.07, 6.45) is 3.29. The molecule has 0 spiro atoms. The van der Waals surface area contributed by atoms with Crippen LogP contribution in [-0.4, -0.2) is 9.97 Å². The second-order valence-electron chi connectivity index (χ2n) is 3.06. The second kappa shape index (κ2) is 4.89. The van der Waals surface area contributed by atoms with Crippen LogP contribution in [0.5, 0.6) is 0 Å². The molecule has 2 aromatic rings. The third kappa shape index (κ3) is 3.02. The molecule has 1 heterocycles. The molecular weight excluding hydrogens is 254 g/mol. The molecule has 0 radical (unpaired) electrons. The summed E-state index contributed by atoms with van der Waals surface area (Å²) in [4.78, 5) is 8.00. The van der Waals surface area contributed by atoms with E-state index in [0.717, 1.165) is 15.9 Å². The van der Waals surface area contributed by atoms with Gasteiger partial charge in [-0.3, -0.25) is 0 Å². The van der Waals surface area contributed by atoms with Gasteiger partial charge >= 0.3 is 0 Å². The fraction of sp³-hybridized carbons (Fsp3) is 0.0909. The van der Waals surface area contributed by atoms with Gasteiger partial charge in [0, 0.05) is 16.4 Å². The Kier molecular flexibility index (Phi) is 3.29. The lowest BCUT2D eigenvalue weighted by molar-refractivity contribution is 1.01. The Bertz CT molecular complexity index is 431. The van der Waals surface area contributed by atoms with Gasteiger partial charge in [-0.1, -0.05) is 22.0 Å². The number of nitrogens with one attached hydrogen (secondary N) is 1. The zero-order valence-electron chi connectivity index (χ0n) is 8.02. The Morgan fingerprint density at radius 3 is 2.93 bits per heavy atom. The third-order valence-electron chi connectivity index (χ3n) is 1.94. The minimum absolute atomic E-state index is 0.707. The van der Waals surface area contributed by atoms with Crippen LogP contribution in [0.3, 0.4) is 0 Å². The van der Waals surface area contributed by atoms with Crippen molar-refractivity contribution >= 4 is 21.6 Å². The number of aromatic nitrogens is 2. The Morgan fingerprint density at radius 1 is 1.27 bits per heavy atom. The predicted octanol–water partition coefficient (Wildman–Crippen LogP) is 2.85. The summed E-state index contributed by atoms with van der Waals surface area (Å²) >= 11 is 3.42. The van der Waals surface area contributed by atoms with Crippen molar-refractivity contribution in [2.24, 2.45) is 0 Å². The Balaban J connectivity index is 1.99. The molecule has 0 aliphatic heterocycles. The minimum Gasteiger partial charge on any atom is -0.379 e. The van der Waals surface area contributed by atoms with E-state index in [1.807, 2.05) is 30.3 Å². The van der Waals surface area contributed by atoms with Crippen molar-refractivity contribution in [2.45, 2.75) is 6.54 Å². The number of hydrogen-bond acceptors (Lipinski definition) is 3. The molecule has 0 atom stereocenters. The Morgan fingerprint density at radius 2 is 2.20 bits per heavy atom. The predicted molar refractivity (Wildman–Crippen MR) is 63.5 cm³/mol. The molecule has 0 bridgehead atoms. The summed E-state index contributed by atoms with van der Waals surface area (Å²) in [5.74, 6) is 0. The third-order valence-corrected chi connectivity index (χ3v) is 2.43. The fourth-order valence-corrected chi connectivity index (χ4v) is 1.61. The molecule has 3 nitrogen and oxygen atoms in total. The molecule has 0 fully saturated rings. The maximum atomic E-state index is 4.13. The molecule has 76 valence electrons. The van der Waals surface area contributed by atoms with E-state index in [2.05, 4.69) is 31.2 Å². The van der Waals surface area contributed by atoms with Gasteiger partial charge in [-0.05, 0) is 24.3 Å². The van der Waals surface area contributed by atoms with Gasteiger partial charge < -0.3 is 5.32 Å². The molecular formula is C11H10BrN3. The van der Waals surface area contributed by atoms with Crippen molar-refractivity contribution in [2.75, 3.05) is 5.32 Å². The number of anilines is 1. The second-order valence-corrected chi connectivity index (χ2v) is 3.98. The SMILES string of the molecule is Brc1cccc(NCc2ccncn2)c1. The van der Waals surface area contributed by atoms with Crippen LogP contribution in [0.1, 0.15) is 5.69 Å². The standard InChI is InChI=1S/C11H10BrN3/c12-9-2-1-3-10(6-9)14-7-11-4-5-13-8-15-11/h1-6,8,14H,7H2. The van der Waals surface area contributed by atoms with E-state index in [9.17, 15) is 0 Å². The average molecular weight is 264 g/mol. The molecule has 0 saturated heterocycles. The quantitative estimate of drug-likeness (QED) is 0.926. The maximum Gasteiger partial charge on any atom is 0.115 e. The van der Waals surface area contributed by atoms with Crippen molar-refractivity contribution in [3.63, 3.8) is 0 Å². The van der Waals surface area contributed by atoms with Crippen molar-refractivity contribution in [1.82, 2.24) is 9.97 Å². The zero-order chi connectivity index (χ0) is 10.5. The highest BCUT2D eigenvalue weighted by atomic mass is 79.9. The maximum absolute atomic E-state index is 4.13. The molecule has 1 aromatic heterocycles. The lowest BCUT2D eigenvalue weighted by Gasteiger charge is -2.05. The minimum atomic E-state index is 0.707. The highest BCUT2D eigenvalue weighted by molar-refractivity contribution is 9.10. The topological polar surface area (TPSA) is 37.8 Å². The highest BCUT2D eigenvalue weighted by Crippen LogP contribution is 2.15. The molecule has 2 rings (SSSR count). The summed E-state index contributed by atoms with van der Waals surface area (Å²) in [7, 11) is 0. The number of halogens is 1. The molecule has 0 aliphatic rings. The fourth-order valence-electron chi connectivity index (χ4n) is 1.21. The lowest BCUT2D eigenvalue weighted by atomic mass is 10.3. The molecule has 1 aromatic carbocycles. The molecule has 1 N–H and O–H groups in total. The van der Waals surface area contributed by atoms with Gasteiger partial charge in [-0.15, -0.1) is 0 Å². The first kappa shape index (κ1) is 10.1. The van der Waals surface area contributed by atoms with Crippen LogP contribution in [0.25, 0.3) is 0 Å². The Hall–Kier alpha value is -1.42. The van der Waals surface area contributed by atoms with Gasteiger partial charge in [0.2, 0.25) is 0 Å². The molecule has 15 heavy (non-hydrogen) atoms. The van der Waals surface area contributed by atoms with Gasteiger partial charge in [0.25, 0.3) is 0 Å². The van der Waals surface area contributed by atoms with E-state index >= 15 is 0 Å². The van der Waals surface area contributed by atoms with Crippen molar-refractivity contribution < 1.29 is 0 Å². The average Bonchev–Trinajstić information content (AvgIpc) is 2.28. The first-order valence-electron chi connectivity index (χ1n) is 4.59. The van der Waals surface area contributed by atoms with E-state index in [1.54, 1.807) is 12.5 Å². The number of nitrogens with zero attached hydrogens (tertiary/aromatic N) is 2. The molecule has 4 heteroatoms. The van der Waals surface area contributed by atoms with Crippen LogP contribution < -0.4 is 5.32 Å². The largest absolute Gasteiger partial charge is 0.379 e. The van der Waals surface area contributed by atoms with Crippen LogP contribution in [-0.2, 0) is 6.54 Å². The molecule has 0 aliphatic carbocycles. The van der Waals surface area contributed by atoms with Crippen LogP contribution in [0.15, 0.2) is 47.3 Å². The first-order valence-corrected chi connectivity index (χ1v) is 5.38. The van der Waals surface area contributed by atoms with Crippen LogP contribution >= 0.6 is 15.9 Å². The first-order chi connectivity index (χ1) is 7.34. The van der Waals surface area contributed by atoms with Crippen molar-refractivity contribution in [1.29, 1.82) is 0 Å². The molecule has 0 saturated carbocycles. The summed E-state index contributed by atoms with van der Waals surface area (Å²) < 4.78 is 1.06. The number of hydrogen-bond donors (Lipinski definition) is 1. The smallest absolute Gasteiger partial charge is 0.115 e. The van der Waals surface area contributed by atoms with E-state index < -0.39 is 0 Å². The van der Waals surface area contributed by atoms with Gasteiger partial charge in [-0.2, -0.15) is 0 Å². The normalized spacial score (nSPS) is 9.93. The highest BCUT2D eigenvalue weighted by Gasteiger charge is 1.94. The van der Waals surface area contributed by atoms with Crippen LogP contribution in [0.2, 0.25) is 0 Å². The summed E-state index contributed by atoms with van der Waals surface area (Å²) in [6.45, 7) is 0.707. The van der Waals surface area contributed by atoms with Crippen LogP contribution in [0.4, 0.5) is 5.69 Å². The van der Waals surface area contributed by atoms with Gasteiger partial charge in [0.15, 0.2) is 0 Å². The summed E-state index contributed by atoms with van der Waals surface area (Å²) in [5, 5.41) is 3.28. The van der Waals surface area contributed by atoms with E-state index in [0.29, 0.717) is 6.54 Å². The van der Waals surface area contributed by atoms with Gasteiger partial charge in [-0.25, -0.2) is 9.97 Å². The van der Waals surface area contributed by atoms with Gasteiger partial charge in [0.05, 0.1) is 12.2 Å². The van der Waals surface area contributed by atoms with Crippen LogP contribution in [0, 0.1) is 0 Å². The van der Waals surface area contributed by atoms with E-state index in [1.165, 1.54) is 0 Å². The zero-order valence-corrected chi connectivity index (χ0v) is 9.61. The lowest BCUT2D eigenvalue weighted by Crippen LogP contribution is -2.01. The Labute approximate surface area is 96.7 Å².